The molecule has 0 amide bonds. The predicted molar refractivity (Wildman–Crippen MR) is 104 cm³/mol. The van der Waals surface area contributed by atoms with Gasteiger partial charge in [-0.2, -0.15) is 4.52 Å². The van der Waals surface area contributed by atoms with Crippen molar-refractivity contribution in [2.75, 3.05) is 19.7 Å². The Morgan fingerprint density at radius 3 is 2.42 bits per heavy atom. The maximum atomic E-state index is 10.8. The van der Waals surface area contributed by atoms with Gasteiger partial charge in [0.2, 0.25) is 10.8 Å². The molecule has 2 N–H and O–H groups in total. The molecule has 2 heterocycles. The monoisotopic (exact) mass is 374 g/mol. The number of likely N-dealkylation sites (N-methyl/N-ethyl adjacent to an activating group) is 1. The number of nitrogens with zero attached hydrogens (tertiary/aromatic N) is 4. The summed E-state index contributed by atoms with van der Waals surface area (Å²) < 4.78 is 1.53. The number of hydrogen-bond donors (Lipinski definition) is 2. The van der Waals surface area contributed by atoms with E-state index in [1.54, 1.807) is 0 Å². The summed E-state index contributed by atoms with van der Waals surface area (Å²) >= 11 is 1.46. The van der Waals surface area contributed by atoms with Crippen LogP contribution in [-0.2, 0) is 12.8 Å². The van der Waals surface area contributed by atoms with Gasteiger partial charge in [0, 0.05) is 13.0 Å². The summed E-state index contributed by atoms with van der Waals surface area (Å²) in [4.78, 5) is 8.16. The van der Waals surface area contributed by atoms with E-state index < -0.39 is 0 Å². The lowest BCUT2D eigenvalue weighted by Gasteiger charge is -2.29. The Labute approximate surface area is 157 Å². The first-order valence-corrected chi connectivity index (χ1v) is 9.95. The fourth-order valence-corrected chi connectivity index (χ4v) is 4.32. The van der Waals surface area contributed by atoms with E-state index >= 15 is 0 Å². The molecule has 2 aromatic heterocycles. The summed E-state index contributed by atoms with van der Waals surface area (Å²) in [5.41, 5.74) is 2.37. The van der Waals surface area contributed by atoms with Gasteiger partial charge in [0.1, 0.15) is 0 Å². The lowest BCUT2D eigenvalue weighted by atomic mass is 10.0. The Balaban J connectivity index is 2.09. The number of aromatic hydroxyl groups is 1. The molecule has 0 radical (unpaired) electrons. The summed E-state index contributed by atoms with van der Waals surface area (Å²) in [6.07, 6.45) is 1.72. The quantitative estimate of drug-likeness (QED) is 0.634. The minimum Gasteiger partial charge on any atom is -0.492 e. The van der Waals surface area contributed by atoms with Gasteiger partial charge in [0.05, 0.1) is 17.5 Å². The molecule has 0 fully saturated rings. The van der Waals surface area contributed by atoms with Crippen molar-refractivity contribution in [3.63, 3.8) is 0 Å². The highest BCUT2D eigenvalue weighted by atomic mass is 32.1. The molecule has 0 saturated heterocycles. The Morgan fingerprint density at radius 1 is 1.15 bits per heavy atom. The van der Waals surface area contributed by atoms with E-state index in [1.807, 2.05) is 6.92 Å². The van der Waals surface area contributed by atoms with Crippen molar-refractivity contribution in [3.05, 3.63) is 46.1 Å². The molecule has 1 unspecified atom stereocenters. The van der Waals surface area contributed by atoms with Crippen LogP contribution in [0.5, 0.6) is 5.88 Å². The van der Waals surface area contributed by atoms with Gasteiger partial charge in [-0.3, -0.25) is 4.90 Å². The maximum Gasteiger partial charge on any atom is 0.230 e. The normalized spacial score (nSPS) is 13.0. The molecule has 0 saturated carbocycles. The number of hydrogen-bond acceptors (Lipinski definition) is 6. The summed E-state index contributed by atoms with van der Waals surface area (Å²) in [7, 11) is 0. The van der Waals surface area contributed by atoms with Gasteiger partial charge in [0.25, 0.3) is 0 Å². The largest absolute Gasteiger partial charge is 0.492 e. The molecule has 3 aromatic rings. The molecule has 0 aliphatic carbocycles. The van der Waals surface area contributed by atoms with E-state index in [-0.39, 0.29) is 18.5 Å². The van der Waals surface area contributed by atoms with Gasteiger partial charge < -0.3 is 10.2 Å². The second-order valence-corrected chi connectivity index (χ2v) is 7.22. The van der Waals surface area contributed by atoms with Crippen LogP contribution in [0, 0.1) is 0 Å². The van der Waals surface area contributed by atoms with Crippen molar-refractivity contribution in [1.29, 1.82) is 0 Å². The zero-order valence-corrected chi connectivity index (χ0v) is 16.3. The molecule has 0 aliphatic heterocycles. The molecule has 0 aliphatic rings. The second kappa shape index (κ2) is 8.16. The van der Waals surface area contributed by atoms with Gasteiger partial charge in [-0.1, -0.05) is 56.4 Å². The van der Waals surface area contributed by atoms with Crippen molar-refractivity contribution in [3.8, 4) is 5.88 Å². The van der Waals surface area contributed by atoms with E-state index in [0.29, 0.717) is 11.5 Å². The zero-order valence-electron chi connectivity index (χ0n) is 15.5. The number of aliphatic hydroxyl groups excluding tert-OH is 1. The van der Waals surface area contributed by atoms with Crippen LogP contribution in [0.4, 0.5) is 0 Å². The van der Waals surface area contributed by atoms with Crippen LogP contribution in [-0.4, -0.2) is 49.4 Å². The average molecular weight is 375 g/mol. The molecule has 26 heavy (non-hydrogen) atoms. The Morgan fingerprint density at radius 2 is 1.88 bits per heavy atom. The van der Waals surface area contributed by atoms with Gasteiger partial charge in [-0.15, -0.1) is 5.10 Å². The Kier molecular flexibility index (Phi) is 5.90. The number of aromatic nitrogens is 3. The molecule has 0 spiro atoms. The third-order valence-electron chi connectivity index (χ3n) is 4.67. The minimum atomic E-state index is -0.142. The lowest BCUT2D eigenvalue weighted by Crippen LogP contribution is -2.31. The van der Waals surface area contributed by atoms with Crippen molar-refractivity contribution in [2.24, 2.45) is 0 Å². The summed E-state index contributed by atoms with van der Waals surface area (Å²) in [6, 6.07) is 8.32. The second-order valence-electron chi connectivity index (χ2n) is 6.22. The van der Waals surface area contributed by atoms with Crippen LogP contribution in [0.3, 0.4) is 0 Å². The standard InChI is InChI=1S/C19H26N4O2S/c1-4-13-7-9-14(10-8-13)16(22(6-3)11-12-24)17-18(25)23-19(26-17)20-15(5-2)21-23/h7-10,16,24-25H,4-6,11-12H2,1-3H3. The van der Waals surface area contributed by atoms with Crippen molar-refractivity contribution in [2.45, 2.75) is 39.7 Å². The van der Waals surface area contributed by atoms with Crippen LogP contribution < -0.4 is 0 Å². The Bertz CT molecular complexity index is 856. The number of aliphatic hydroxyl groups is 1. The van der Waals surface area contributed by atoms with Crippen molar-refractivity contribution in [1.82, 2.24) is 19.5 Å². The molecular formula is C19H26N4O2S. The number of rotatable bonds is 8. The number of fused-ring (bicyclic) bond motifs is 1. The van der Waals surface area contributed by atoms with Crippen LogP contribution in [0.1, 0.15) is 48.6 Å². The smallest absolute Gasteiger partial charge is 0.230 e. The molecular weight excluding hydrogens is 348 g/mol. The van der Waals surface area contributed by atoms with Gasteiger partial charge >= 0.3 is 0 Å². The molecule has 0 bridgehead atoms. The van der Waals surface area contributed by atoms with Crippen LogP contribution in [0.25, 0.3) is 4.96 Å². The topological polar surface area (TPSA) is 73.9 Å². The fraction of sp³-hybridized carbons (Fsp3) is 0.474. The fourth-order valence-electron chi connectivity index (χ4n) is 3.18. The maximum absolute atomic E-state index is 10.8. The zero-order chi connectivity index (χ0) is 18.7. The number of benzene rings is 1. The molecule has 1 atom stereocenters. The minimum absolute atomic E-state index is 0.0683. The average Bonchev–Trinajstić information content (AvgIpc) is 3.21. The number of aryl methyl sites for hydroxylation is 2. The highest BCUT2D eigenvalue weighted by molar-refractivity contribution is 7.17. The summed E-state index contributed by atoms with van der Waals surface area (Å²) in [6.45, 7) is 7.55. The first kappa shape index (κ1) is 18.8. The van der Waals surface area contributed by atoms with E-state index in [9.17, 15) is 10.2 Å². The summed E-state index contributed by atoms with van der Waals surface area (Å²) in [5, 5.41) is 24.7. The molecule has 7 heteroatoms. The van der Waals surface area contributed by atoms with Crippen molar-refractivity contribution >= 4 is 16.3 Å². The van der Waals surface area contributed by atoms with Crippen molar-refractivity contribution < 1.29 is 10.2 Å². The van der Waals surface area contributed by atoms with Crippen LogP contribution in [0.2, 0.25) is 0 Å². The van der Waals surface area contributed by atoms with Crippen LogP contribution in [0.15, 0.2) is 24.3 Å². The van der Waals surface area contributed by atoms with E-state index in [1.165, 1.54) is 21.4 Å². The molecule has 1 aromatic carbocycles. The molecule has 3 rings (SSSR count). The highest BCUT2D eigenvalue weighted by Gasteiger charge is 2.28. The van der Waals surface area contributed by atoms with E-state index in [0.717, 1.165) is 35.7 Å². The SMILES string of the molecule is CCc1ccc(C(c2sc3nc(CC)nn3c2O)N(CC)CCO)cc1. The van der Waals surface area contributed by atoms with E-state index in [4.69, 9.17) is 0 Å². The van der Waals surface area contributed by atoms with Gasteiger partial charge in [0.15, 0.2) is 5.82 Å². The predicted octanol–water partition coefficient (Wildman–Crippen LogP) is 3.02. The first-order chi connectivity index (χ1) is 12.6. The van der Waals surface area contributed by atoms with E-state index in [2.05, 4.69) is 53.1 Å². The molecule has 6 nitrogen and oxygen atoms in total. The number of thiazole rings is 1. The van der Waals surface area contributed by atoms with Gasteiger partial charge in [-0.05, 0) is 24.1 Å². The third-order valence-corrected chi connectivity index (χ3v) is 5.74. The highest BCUT2D eigenvalue weighted by Crippen LogP contribution is 2.39. The summed E-state index contributed by atoms with van der Waals surface area (Å²) in [5.74, 6) is 0.864. The Hall–Kier alpha value is -1.96. The van der Waals surface area contributed by atoms with Gasteiger partial charge in [-0.25, -0.2) is 4.98 Å². The molecule has 140 valence electrons. The third kappa shape index (κ3) is 3.47. The van der Waals surface area contributed by atoms with Crippen LogP contribution >= 0.6 is 11.3 Å². The lowest BCUT2D eigenvalue weighted by molar-refractivity contribution is 0.174. The first-order valence-electron chi connectivity index (χ1n) is 9.13.